The fraction of sp³-hybridized carbons (Fsp3) is 0.571. The van der Waals surface area contributed by atoms with Gasteiger partial charge in [0, 0.05) is 28.6 Å². The van der Waals surface area contributed by atoms with Crippen LogP contribution in [-0.4, -0.2) is 20.5 Å². The van der Waals surface area contributed by atoms with Crippen molar-refractivity contribution >= 4 is 22.3 Å². The third kappa shape index (κ3) is 2.06. The first-order chi connectivity index (χ1) is 8.99. The number of aliphatic carboxylic acids is 1. The molecule has 0 radical (unpaired) electrons. The summed E-state index contributed by atoms with van der Waals surface area (Å²) in [5.41, 5.74) is 3.97. The van der Waals surface area contributed by atoms with Crippen molar-refractivity contribution in [2.45, 2.75) is 51.4 Å². The summed E-state index contributed by atoms with van der Waals surface area (Å²) in [6, 6.07) is 0. The summed E-state index contributed by atoms with van der Waals surface area (Å²) >= 11 is 1.66. The summed E-state index contributed by atoms with van der Waals surface area (Å²) < 4.78 is 2.26. The minimum atomic E-state index is -0.719. The largest absolute Gasteiger partial charge is 0.481 e. The van der Waals surface area contributed by atoms with E-state index in [2.05, 4.69) is 23.6 Å². The van der Waals surface area contributed by atoms with Gasteiger partial charge in [-0.2, -0.15) is 0 Å². The maximum absolute atomic E-state index is 10.6. The fourth-order valence-electron chi connectivity index (χ4n) is 2.89. The number of nitrogens with zero attached hydrogens (tertiary/aromatic N) is 2. The van der Waals surface area contributed by atoms with Gasteiger partial charge in [0.25, 0.3) is 0 Å². The Morgan fingerprint density at radius 1 is 1.58 bits per heavy atom. The first kappa shape index (κ1) is 12.7. The van der Waals surface area contributed by atoms with Gasteiger partial charge in [-0.05, 0) is 25.7 Å². The van der Waals surface area contributed by atoms with Crippen LogP contribution in [-0.2, 0) is 23.1 Å². The summed E-state index contributed by atoms with van der Waals surface area (Å²) in [6.45, 7) is 4.50. The lowest BCUT2D eigenvalue weighted by molar-refractivity contribution is -0.137. The molecule has 1 N–H and O–H groups in total. The third-order valence-electron chi connectivity index (χ3n) is 3.98. The highest BCUT2D eigenvalue weighted by Gasteiger charge is 2.35. The predicted molar refractivity (Wildman–Crippen MR) is 75.0 cm³/mol. The summed E-state index contributed by atoms with van der Waals surface area (Å²) in [7, 11) is 0. The van der Waals surface area contributed by atoms with Gasteiger partial charge in [-0.1, -0.05) is 13.8 Å². The highest BCUT2D eigenvalue weighted by Crippen LogP contribution is 2.39. The lowest BCUT2D eigenvalue weighted by Crippen LogP contribution is -2.12. The van der Waals surface area contributed by atoms with Crippen LogP contribution in [0.15, 0.2) is 5.38 Å². The normalized spacial score (nSPS) is 16.9. The first-order valence-electron chi connectivity index (χ1n) is 6.69. The smallest absolute Gasteiger partial charge is 0.303 e. The number of imidazole rings is 1. The van der Waals surface area contributed by atoms with E-state index in [9.17, 15) is 4.79 Å². The molecule has 0 fully saturated rings. The quantitative estimate of drug-likeness (QED) is 0.935. The summed E-state index contributed by atoms with van der Waals surface area (Å²) in [5, 5.41) is 10.8. The summed E-state index contributed by atoms with van der Waals surface area (Å²) in [5.74, 6) is -0.719. The molecule has 102 valence electrons. The zero-order valence-corrected chi connectivity index (χ0v) is 12.1. The molecule has 5 heteroatoms. The van der Waals surface area contributed by atoms with Gasteiger partial charge in [-0.3, -0.25) is 9.20 Å². The molecule has 1 aliphatic rings. The molecule has 19 heavy (non-hydrogen) atoms. The summed E-state index contributed by atoms with van der Waals surface area (Å²) in [4.78, 5) is 16.4. The van der Waals surface area contributed by atoms with Crippen molar-refractivity contribution in [2.24, 2.45) is 0 Å². The number of carbonyl (C=O) groups is 1. The van der Waals surface area contributed by atoms with Crippen LogP contribution in [0.1, 0.15) is 50.2 Å². The molecular weight excluding hydrogens is 260 g/mol. The van der Waals surface area contributed by atoms with Crippen LogP contribution in [0.4, 0.5) is 0 Å². The Kier molecular flexibility index (Phi) is 2.89. The van der Waals surface area contributed by atoms with Gasteiger partial charge in [0.2, 0.25) is 0 Å². The molecule has 0 spiro atoms. The molecule has 0 aliphatic heterocycles. The highest BCUT2D eigenvalue weighted by atomic mass is 32.1. The Morgan fingerprint density at radius 2 is 2.37 bits per heavy atom. The predicted octanol–water partition coefficient (Wildman–Crippen LogP) is 3.03. The molecule has 0 bridgehead atoms. The lowest BCUT2D eigenvalue weighted by atomic mass is 9.91. The molecular formula is C14H18N2O2S. The molecule has 0 unspecified atom stereocenters. The number of carboxylic acids is 1. The van der Waals surface area contributed by atoms with Crippen molar-refractivity contribution in [3.05, 3.63) is 22.5 Å². The van der Waals surface area contributed by atoms with E-state index in [1.54, 1.807) is 11.3 Å². The number of carboxylic acid groups (broad SMARTS) is 1. The minimum Gasteiger partial charge on any atom is -0.481 e. The van der Waals surface area contributed by atoms with Gasteiger partial charge in [-0.25, -0.2) is 4.98 Å². The minimum absolute atomic E-state index is 0.180. The number of hydrogen-bond acceptors (Lipinski definition) is 3. The van der Waals surface area contributed by atoms with Gasteiger partial charge in [-0.15, -0.1) is 11.3 Å². The van der Waals surface area contributed by atoms with Gasteiger partial charge in [0.15, 0.2) is 4.96 Å². The van der Waals surface area contributed by atoms with Crippen LogP contribution in [0.25, 0.3) is 4.96 Å². The van der Waals surface area contributed by atoms with Crippen molar-refractivity contribution in [3.8, 4) is 0 Å². The Bertz CT molecular complexity index is 639. The molecule has 0 saturated carbocycles. The maximum atomic E-state index is 10.6. The Labute approximate surface area is 116 Å². The van der Waals surface area contributed by atoms with Gasteiger partial charge >= 0.3 is 5.97 Å². The Morgan fingerprint density at radius 3 is 3.11 bits per heavy atom. The molecule has 0 aromatic carbocycles. The maximum Gasteiger partial charge on any atom is 0.303 e. The number of aryl methyl sites for hydroxylation is 2. The van der Waals surface area contributed by atoms with Crippen LogP contribution < -0.4 is 0 Å². The van der Waals surface area contributed by atoms with E-state index in [0.717, 1.165) is 24.2 Å². The fourth-order valence-corrected chi connectivity index (χ4v) is 3.83. The van der Waals surface area contributed by atoms with E-state index in [1.165, 1.54) is 17.1 Å². The van der Waals surface area contributed by atoms with E-state index in [-0.39, 0.29) is 11.8 Å². The Hall–Kier alpha value is -1.36. The van der Waals surface area contributed by atoms with Crippen molar-refractivity contribution in [2.75, 3.05) is 0 Å². The summed E-state index contributed by atoms with van der Waals surface area (Å²) in [6.07, 6.45) is 3.97. The van der Waals surface area contributed by atoms with Crippen LogP contribution in [0, 0.1) is 0 Å². The number of aromatic nitrogens is 2. The zero-order valence-electron chi connectivity index (χ0n) is 11.3. The molecule has 4 nitrogen and oxygen atoms in total. The number of thiazole rings is 1. The van der Waals surface area contributed by atoms with Crippen LogP contribution in [0.3, 0.4) is 0 Å². The SMILES string of the molecule is CC1(C)CCc2c1nc1scc(CCCC(=O)O)n21. The van der Waals surface area contributed by atoms with Crippen molar-refractivity contribution in [3.63, 3.8) is 0 Å². The topological polar surface area (TPSA) is 54.6 Å². The Balaban J connectivity index is 1.93. The molecule has 1 aliphatic carbocycles. The average molecular weight is 278 g/mol. The number of fused-ring (bicyclic) bond motifs is 3. The molecule has 0 atom stereocenters. The second kappa shape index (κ2) is 4.34. The van der Waals surface area contributed by atoms with Crippen LogP contribution in [0.2, 0.25) is 0 Å². The van der Waals surface area contributed by atoms with Gasteiger partial charge < -0.3 is 5.11 Å². The van der Waals surface area contributed by atoms with Gasteiger partial charge in [0.05, 0.1) is 5.69 Å². The molecule has 2 heterocycles. The molecule has 3 rings (SSSR count). The van der Waals surface area contributed by atoms with Crippen molar-refractivity contribution < 1.29 is 9.90 Å². The van der Waals surface area contributed by atoms with E-state index >= 15 is 0 Å². The van der Waals surface area contributed by atoms with Crippen LogP contribution in [0.5, 0.6) is 0 Å². The highest BCUT2D eigenvalue weighted by molar-refractivity contribution is 7.15. The van der Waals surface area contributed by atoms with Crippen molar-refractivity contribution in [1.29, 1.82) is 0 Å². The standard InChI is InChI=1S/C14H18N2O2S/c1-14(2)7-6-10-12(14)15-13-16(10)9(8-19-13)4-3-5-11(17)18/h8H,3-7H2,1-2H3,(H,17,18). The zero-order chi connectivity index (χ0) is 13.6. The van der Waals surface area contributed by atoms with E-state index in [4.69, 9.17) is 10.1 Å². The van der Waals surface area contributed by atoms with Crippen LogP contribution >= 0.6 is 11.3 Å². The number of rotatable bonds is 4. The monoisotopic (exact) mass is 278 g/mol. The molecule has 0 amide bonds. The first-order valence-corrected chi connectivity index (χ1v) is 7.57. The second-order valence-electron chi connectivity index (χ2n) is 5.88. The number of hydrogen-bond donors (Lipinski definition) is 1. The van der Waals surface area contributed by atoms with Crippen molar-refractivity contribution in [1.82, 2.24) is 9.38 Å². The van der Waals surface area contributed by atoms with E-state index < -0.39 is 5.97 Å². The van der Waals surface area contributed by atoms with Gasteiger partial charge in [0.1, 0.15) is 0 Å². The molecule has 2 aromatic heterocycles. The van der Waals surface area contributed by atoms with E-state index in [1.807, 2.05) is 0 Å². The second-order valence-corrected chi connectivity index (χ2v) is 6.72. The molecule has 2 aromatic rings. The third-order valence-corrected chi connectivity index (χ3v) is 4.86. The average Bonchev–Trinajstić information content (AvgIpc) is 2.93. The van der Waals surface area contributed by atoms with E-state index in [0.29, 0.717) is 6.42 Å². The lowest BCUT2D eigenvalue weighted by Gasteiger charge is -2.14. The molecule has 0 saturated heterocycles.